The van der Waals surface area contributed by atoms with Crippen molar-refractivity contribution in [2.75, 3.05) is 6.54 Å². The number of carbonyl (C=O) groups is 1. The van der Waals surface area contributed by atoms with E-state index in [-0.39, 0.29) is 11.9 Å². The molecule has 1 aromatic rings. The van der Waals surface area contributed by atoms with Crippen molar-refractivity contribution in [2.45, 2.75) is 31.2 Å². The van der Waals surface area contributed by atoms with Crippen LogP contribution in [-0.4, -0.2) is 26.3 Å². The molecule has 2 atom stereocenters. The van der Waals surface area contributed by atoms with Crippen molar-refractivity contribution in [1.82, 2.24) is 10.6 Å². The average Bonchev–Trinajstić information content (AvgIpc) is 2.38. The third-order valence-electron chi connectivity index (χ3n) is 3.36. The first kappa shape index (κ1) is 12.2. The van der Waals surface area contributed by atoms with Crippen LogP contribution in [0.1, 0.15) is 18.4 Å². The first-order valence-corrected chi connectivity index (χ1v) is 6.32. The van der Waals surface area contributed by atoms with Gasteiger partial charge in [-0.05, 0) is 24.3 Å². The zero-order valence-corrected chi connectivity index (χ0v) is 10.3. The van der Waals surface area contributed by atoms with E-state index in [0.717, 1.165) is 18.5 Å². The van der Waals surface area contributed by atoms with Gasteiger partial charge in [0.15, 0.2) is 0 Å². The van der Waals surface area contributed by atoms with Gasteiger partial charge in [0.1, 0.15) is 7.85 Å². The molecule has 17 heavy (non-hydrogen) atoms. The maximum Gasteiger partial charge on any atom is 0.236 e. The molecule has 1 fully saturated rings. The van der Waals surface area contributed by atoms with Gasteiger partial charge in [-0.1, -0.05) is 36.8 Å². The van der Waals surface area contributed by atoms with E-state index in [0.29, 0.717) is 12.4 Å². The van der Waals surface area contributed by atoms with Gasteiger partial charge in [0.2, 0.25) is 5.91 Å². The lowest BCUT2D eigenvalue weighted by Crippen LogP contribution is -2.49. The van der Waals surface area contributed by atoms with Crippen LogP contribution >= 0.6 is 0 Å². The largest absolute Gasteiger partial charge is 0.351 e. The smallest absolute Gasteiger partial charge is 0.236 e. The van der Waals surface area contributed by atoms with E-state index in [2.05, 4.69) is 18.5 Å². The topological polar surface area (TPSA) is 41.1 Å². The highest BCUT2D eigenvalue weighted by Crippen LogP contribution is 2.18. The minimum atomic E-state index is -0.0209. The van der Waals surface area contributed by atoms with E-state index in [4.69, 9.17) is 0 Å². The summed E-state index contributed by atoms with van der Waals surface area (Å²) >= 11 is 0. The predicted octanol–water partition coefficient (Wildman–Crippen LogP) is 0.476. The second-order valence-electron chi connectivity index (χ2n) is 4.75. The van der Waals surface area contributed by atoms with Crippen molar-refractivity contribution in [3.8, 4) is 0 Å². The summed E-state index contributed by atoms with van der Waals surface area (Å²) in [5.74, 6) is 0.556. The van der Waals surface area contributed by atoms with E-state index >= 15 is 0 Å². The number of carbonyl (C=O) groups excluding carboxylic acids is 1. The zero-order chi connectivity index (χ0) is 12.1. The number of nitrogens with one attached hydrogen (secondary N) is 2. The van der Waals surface area contributed by atoms with Crippen LogP contribution in [0.2, 0.25) is 5.82 Å². The fraction of sp³-hybridized carbons (Fsp3) is 0.462. The molecule has 0 saturated carbocycles. The van der Waals surface area contributed by atoms with Gasteiger partial charge >= 0.3 is 0 Å². The zero-order valence-electron chi connectivity index (χ0n) is 10.3. The lowest BCUT2D eigenvalue weighted by Gasteiger charge is -2.29. The van der Waals surface area contributed by atoms with Gasteiger partial charge in [0, 0.05) is 6.54 Å². The highest BCUT2D eigenvalue weighted by molar-refractivity contribution is 6.14. The Morgan fingerprint density at radius 3 is 2.88 bits per heavy atom. The molecule has 2 unspecified atom stereocenters. The van der Waals surface area contributed by atoms with Crippen molar-refractivity contribution < 1.29 is 4.79 Å². The summed E-state index contributed by atoms with van der Waals surface area (Å²) in [5, 5.41) is 6.29. The Morgan fingerprint density at radius 2 is 2.18 bits per heavy atom. The summed E-state index contributed by atoms with van der Waals surface area (Å²) in [6.07, 6.45) is 2.31. The van der Waals surface area contributed by atoms with Gasteiger partial charge in [-0.25, -0.2) is 0 Å². The molecule has 0 radical (unpaired) electrons. The number of hydrogen-bond donors (Lipinski definition) is 2. The molecular weight excluding hydrogens is 211 g/mol. The first-order chi connectivity index (χ1) is 8.27. The Bertz CT molecular complexity index is 369. The quantitative estimate of drug-likeness (QED) is 0.741. The summed E-state index contributed by atoms with van der Waals surface area (Å²) in [4.78, 5) is 12.0. The Morgan fingerprint density at radius 1 is 1.41 bits per heavy atom. The molecular formula is C13H19BN2O. The van der Waals surface area contributed by atoms with Crippen molar-refractivity contribution in [2.24, 2.45) is 0 Å². The second-order valence-corrected chi connectivity index (χ2v) is 4.75. The predicted molar refractivity (Wildman–Crippen MR) is 71.6 cm³/mol. The summed E-state index contributed by atoms with van der Waals surface area (Å²) in [7, 11) is 2.14. The van der Waals surface area contributed by atoms with Crippen molar-refractivity contribution in [3.63, 3.8) is 0 Å². The molecule has 3 nitrogen and oxygen atoms in total. The van der Waals surface area contributed by atoms with E-state index < -0.39 is 0 Å². The van der Waals surface area contributed by atoms with Crippen LogP contribution in [0.4, 0.5) is 0 Å². The Hall–Kier alpha value is -1.29. The second kappa shape index (κ2) is 5.87. The number of amides is 1. The fourth-order valence-corrected chi connectivity index (χ4v) is 2.30. The van der Waals surface area contributed by atoms with Crippen LogP contribution < -0.4 is 10.6 Å². The third-order valence-corrected chi connectivity index (χ3v) is 3.36. The lowest BCUT2D eigenvalue weighted by atomic mass is 9.75. The normalized spacial score (nSPS) is 24.2. The third kappa shape index (κ3) is 3.33. The Labute approximate surface area is 103 Å². The lowest BCUT2D eigenvalue weighted by molar-refractivity contribution is -0.123. The van der Waals surface area contributed by atoms with Crippen LogP contribution in [-0.2, 0) is 11.3 Å². The Balaban J connectivity index is 1.84. The molecule has 90 valence electrons. The van der Waals surface area contributed by atoms with Gasteiger partial charge in [-0.2, -0.15) is 0 Å². The fourth-order valence-electron chi connectivity index (χ4n) is 2.30. The van der Waals surface area contributed by atoms with Gasteiger partial charge in [0.25, 0.3) is 0 Å². The van der Waals surface area contributed by atoms with Crippen molar-refractivity contribution >= 4 is 13.8 Å². The number of hydrogen-bond acceptors (Lipinski definition) is 2. The SMILES string of the molecule is BC1CCCNC1C(=O)NCc1ccccc1. The number of rotatable bonds is 3. The maximum absolute atomic E-state index is 12.0. The van der Waals surface area contributed by atoms with Gasteiger partial charge in [0.05, 0.1) is 6.04 Å². The summed E-state index contributed by atoms with van der Waals surface area (Å²) in [5.41, 5.74) is 1.14. The van der Waals surface area contributed by atoms with Gasteiger partial charge in [-0.15, -0.1) is 0 Å². The van der Waals surface area contributed by atoms with Crippen LogP contribution in [0, 0.1) is 0 Å². The molecule has 1 aromatic carbocycles. The highest BCUT2D eigenvalue weighted by Gasteiger charge is 2.26. The monoisotopic (exact) mass is 230 g/mol. The van der Waals surface area contributed by atoms with E-state index in [9.17, 15) is 4.79 Å². The molecule has 0 aliphatic carbocycles. The summed E-state index contributed by atoms with van der Waals surface area (Å²) < 4.78 is 0. The minimum Gasteiger partial charge on any atom is -0.351 e. The molecule has 1 saturated heterocycles. The molecule has 0 aromatic heterocycles. The van der Waals surface area contributed by atoms with Crippen LogP contribution in [0.15, 0.2) is 30.3 Å². The van der Waals surface area contributed by atoms with Crippen molar-refractivity contribution in [1.29, 1.82) is 0 Å². The molecule has 0 bridgehead atoms. The molecule has 1 aliphatic heterocycles. The van der Waals surface area contributed by atoms with Gasteiger partial charge < -0.3 is 10.6 Å². The van der Waals surface area contributed by atoms with Crippen molar-refractivity contribution in [3.05, 3.63) is 35.9 Å². The minimum absolute atomic E-state index is 0.0209. The molecule has 1 heterocycles. The maximum atomic E-state index is 12.0. The number of piperidine rings is 1. The molecule has 4 heteroatoms. The number of benzene rings is 1. The molecule has 1 amide bonds. The highest BCUT2D eigenvalue weighted by atomic mass is 16.2. The summed E-state index contributed by atoms with van der Waals surface area (Å²) in [6.45, 7) is 1.57. The average molecular weight is 230 g/mol. The molecule has 1 aliphatic rings. The molecule has 0 spiro atoms. The first-order valence-electron chi connectivity index (χ1n) is 6.32. The van der Waals surface area contributed by atoms with E-state index in [1.165, 1.54) is 6.42 Å². The Kier molecular flexibility index (Phi) is 4.21. The van der Waals surface area contributed by atoms with Gasteiger partial charge in [-0.3, -0.25) is 4.79 Å². The van der Waals surface area contributed by atoms with Crippen LogP contribution in [0.3, 0.4) is 0 Å². The van der Waals surface area contributed by atoms with E-state index in [1.54, 1.807) is 0 Å². The molecule has 2 N–H and O–H groups in total. The van der Waals surface area contributed by atoms with Crippen LogP contribution in [0.5, 0.6) is 0 Å². The standard InChI is InChI=1S/C13H19BN2O/c14-11-7-4-8-15-12(11)13(17)16-9-10-5-2-1-3-6-10/h1-3,5-6,11-12,15H,4,7-9,14H2,(H,16,17). The summed E-state index contributed by atoms with van der Waals surface area (Å²) in [6, 6.07) is 9.99. The molecule has 2 rings (SSSR count). The van der Waals surface area contributed by atoms with Crippen LogP contribution in [0.25, 0.3) is 0 Å². The van der Waals surface area contributed by atoms with E-state index in [1.807, 2.05) is 30.3 Å².